The van der Waals surface area contributed by atoms with Crippen molar-refractivity contribution >= 4 is 23.4 Å². The van der Waals surface area contributed by atoms with Gasteiger partial charge in [-0.05, 0) is 24.1 Å². The molecule has 0 aliphatic carbocycles. The van der Waals surface area contributed by atoms with Crippen LogP contribution >= 0.6 is 11.3 Å². The number of aromatic nitrogens is 1. The van der Waals surface area contributed by atoms with E-state index in [9.17, 15) is 4.79 Å². The standard InChI is InChI=1S/C13H11NO2S/c1-9-8-10(3-5-12(15)16)2-4-11(9)13-14-6-7-17-13/h2-8H,1H3,(H,15,16)/b5-3+. The minimum atomic E-state index is -0.938. The number of carbonyl (C=O) groups is 1. The topological polar surface area (TPSA) is 50.2 Å². The van der Waals surface area contributed by atoms with E-state index in [-0.39, 0.29) is 0 Å². The van der Waals surface area contributed by atoms with E-state index in [1.165, 1.54) is 0 Å². The molecule has 1 heterocycles. The van der Waals surface area contributed by atoms with Crippen LogP contribution in [0.5, 0.6) is 0 Å². The van der Waals surface area contributed by atoms with Gasteiger partial charge in [0.2, 0.25) is 0 Å². The highest BCUT2D eigenvalue weighted by molar-refractivity contribution is 7.13. The molecule has 0 bridgehead atoms. The fraction of sp³-hybridized carbons (Fsp3) is 0.0769. The molecular weight excluding hydrogens is 234 g/mol. The third kappa shape index (κ3) is 2.79. The maximum Gasteiger partial charge on any atom is 0.328 e. The van der Waals surface area contributed by atoms with Gasteiger partial charge in [-0.1, -0.05) is 18.2 Å². The molecule has 0 fully saturated rings. The summed E-state index contributed by atoms with van der Waals surface area (Å²) < 4.78 is 0. The summed E-state index contributed by atoms with van der Waals surface area (Å²) in [6, 6.07) is 5.81. The Hall–Kier alpha value is -1.94. The third-order valence-electron chi connectivity index (χ3n) is 2.33. The maximum absolute atomic E-state index is 10.4. The van der Waals surface area contributed by atoms with Crippen molar-refractivity contribution in [3.8, 4) is 10.6 Å². The van der Waals surface area contributed by atoms with Gasteiger partial charge in [-0.3, -0.25) is 0 Å². The lowest BCUT2D eigenvalue weighted by Crippen LogP contribution is -1.87. The minimum Gasteiger partial charge on any atom is -0.478 e. The largest absolute Gasteiger partial charge is 0.478 e. The molecule has 4 heteroatoms. The van der Waals surface area contributed by atoms with Crippen LogP contribution in [0.2, 0.25) is 0 Å². The lowest BCUT2D eigenvalue weighted by molar-refractivity contribution is -0.131. The first-order valence-corrected chi connectivity index (χ1v) is 5.96. The van der Waals surface area contributed by atoms with Crippen LogP contribution in [0.15, 0.2) is 35.9 Å². The molecule has 0 saturated carbocycles. The van der Waals surface area contributed by atoms with E-state index in [1.807, 2.05) is 30.5 Å². The first kappa shape index (κ1) is 11.5. The predicted octanol–water partition coefficient (Wildman–Crippen LogP) is 3.22. The molecule has 2 aromatic rings. The highest BCUT2D eigenvalue weighted by atomic mass is 32.1. The highest BCUT2D eigenvalue weighted by Crippen LogP contribution is 2.26. The number of thiazole rings is 1. The van der Waals surface area contributed by atoms with Gasteiger partial charge >= 0.3 is 5.97 Å². The summed E-state index contributed by atoms with van der Waals surface area (Å²) in [4.78, 5) is 14.7. The number of hydrogen-bond acceptors (Lipinski definition) is 3. The van der Waals surface area contributed by atoms with Crippen LogP contribution in [0, 0.1) is 6.92 Å². The molecule has 2 rings (SSSR count). The van der Waals surface area contributed by atoms with E-state index < -0.39 is 5.97 Å². The van der Waals surface area contributed by atoms with Crippen molar-refractivity contribution in [1.29, 1.82) is 0 Å². The molecule has 0 unspecified atom stereocenters. The average molecular weight is 245 g/mol. The van der Waals surface area contributed by atoms with E-state index in [0.717, 1.165) is 27.8 Å². The SMILES string of the molecule is Cc1cc(/C=C/C(=O)O)ccc1-c1nccs1. The molecule has 0 saturated heterocycles. The Balaban J connectivity index is 2.32. The lowest BCUT2D eigenvalue weighted by Gasteiger charge is -2.03. The number of carboxylic acids is 1. The number of benzene rings is 1. The molecule has 0 spiro atoms. The van der Waals surface area contributed by atoms with Crippen LogP contribution in [0.25, 0.3) is 16.6 Å². The Morgan fingerprint density at radius 1 is 1.47 bits per heavy atom. The Morgan fingerprint density at radius 3 is 2.88 bits per heavy atom. The Labute approximate surface area is 103 Å². The monoisotopic (exact) mass is 245 g/mol. The van der Waals surface area contributed by atoms with Gasteiger partial charge in [0.1, 0.15) is 5.01 Å². The number of aryl methyl sites for hydroxylation is 1. The summed E-state index contributed by atoms with van der Waals surface area (Å²) in [5, 5.41) is 11.5. The number of aliphatic carboxylic acids is 1. The summed E-state index contributed by atoms with van der Waals surface area (Å²) in [6.07, 6.45) is 4.50. The molecule has 17 heavy (non-hydrogen) atoms. The zero-order valence-corrected chi connectivity index (χ0v) is 10.1. The Kier molecular flexibility index (Phi) is 3.35. The third-order valence-corrected chi connectivity index (χ3v) is 3.14. The Morgan fingerprint density at radius 2 is 2.29 bits per heavy atom. The van der Waals surface area contributed by atoms with Crippen molar-refractivity contribution in [2.75, 3.05) is 0 Å². The van der Waals surface area contributed by atoms with Gasteiger partial charge < -0.3 is 5.11 Å². The van der Waals surface area contributed by atoms with Gasteiger partial charge in [-0.2, -0.15) is 0 Å². The first-order valence-electron chi connectivity index (χ1n) is 5.08. The van der Waals surface area contributed by atoms with Crippen LogP contribution < -0.4 is 0 Å². The molecule has 0 amide bonds. The molecule has 86 valence electrons. The lowest BCUT2D eigenvalue weighted by atomic mass is 10.1. The maximum atomic E-state index is 10.4. The summed E-state index contributed by atoms with van der Waals surface area (Å²) >= 11 is 1.59. The van der Waals surface area contributed by atoms with Crippen molar-refractivity contribution in [1.82, 2.24) is 4.98 Å². The molecule has 0 radical (unpaired) electrons. The summed E-state index contributed by atoms with van der Waals surface area (Å²) in [6.45, 7) is 1.99. The van der Waals surface area contributed by atoms with Crippen LogP contribution in [-0.4, -0.2) is 16.1 Å². The van der Waals surface area contributed by atoms with Gasteiger partial charge in [0.15, 0.2) is 0 Å². The molecule has 3 nitrogen and oxygen atoms in total. The normalized spacial score (nSPS) is 10.9. The number of hydrogen-bond donors (Lipinski definition) is 1. The van der Waals surface area contributed by atoms with E-state index in [2.05, 4.69) is 4.98 Å². The zero-order chi connectivity index (χ0) is 12.3. The summed E-state index contributed by atoms with van der Waals surface area (Å²) in [7, 11) is 0. The van der Waals surface area contributed by atoms with Crippen molar-refractivity contribution in [2.45, 2.75) is 6.92 Å². The predicted molar refractivity (Wildman–Crippen MR) is 69.0 cm³/mol. The van der Waals surface area contributed by atoms with Gasteiger partial charge in [0.25, 0.3) is 0 Å². The number of nitrogens with zero attached hydrogens (tertiary/aromatic N) is 1. The number of carboxylic acid groups (broad SMARTS) is 1. The molecule has 1 aromatic heterocycles. The fourth-order valence-corrected chi connectivity index (χ4v) is 2.28. The zero-order valence-electron chi connectivity index (χ0n) is 9.25. The highest BCUT2D eigenvalue weighted by Gasteiger charge is 2.04. The van der Waals surface area contributed by atoms with Crippen LogP contribution in [0.4, 0.5) is 0 Å². The van der Waals surface area contributed by atoms with Gasteiger partial charge in [-0.25, -0.2) is 9.78 Å². The molecule has 1 N–H and O–H groups in total. The number of rotatable bonds is 3. The average Bonchev–Trinajstić information content (AvgIpc) is 2.79. The molecule has 0 atom stereocenters. The quantitative estimate of drug-likeness (QED) is 0.845. The van der Waals surface area contributed by atoms with Gasteiger partial charge in [-0.15, -0.1) is 11.3 Å². The molecule has 1 aromatic carbocycles. The second-order valence-electron chi connectivity index (χ2n) is 3.58. The van der Waals surface area contributed by atoms with E-state index in [0.29, 0.717) is 0 Å². The smallest absolute Gasteiger partial charge is 0.328 e. The van der Waals surface area contributed by atoms with Gasteiger partial charge in [0.05, 0.1) is 0 Å². The van der Waals surface area contributed by atoms with Crippen molar-refractivity contribution in [3.05, 3.63) is 47.0 Å². The summed E-state index contributed by atoms with van der Waals surface area (Å²) in [5.41, 5.74) is 3.06. The van der Waals surface area contributed by atoms with Crippen LogP contribution in [0.3, 0.4) is 0 Å². The van der Waals surface area contributed by atoms with Crippen molar-refractivity contribution in [2.24, 2.45) is 0 Å². The van der Waals surface area contributed by atoms with E-state index in [4.69, 9.17) is 5.11 Å². The Bertz CT molecular complexity index is 559. The van der Waals surface area contributed by atoms with Gasteiger partial charge in [0, 0.05) is 23.2 Å². The van der Waals surface area contributed by atoms with Crippen LogP contribution in [0.1, 0.15) is 11.1 Å². The van der Waals surface area contributed by atoms with E-state index in [1.54, 1.807) is 23.6 Å². The fourth-order valence-electron chi connectivity index (χ4n) is 1.55. The summed E-state index contributed by atoms with van der Waals surface area (Å²) in [5.74, 6) is -0.938. The first-order chi connectivity index (χ1) is 8.16. The minimum absolute atomic E-state index is 0.880. The molecular formula is C13H11NO2S. The molecule has 0 aliphatic rings. The van der Waals surface area contributed by atoms with Crippen LogP contribution in [-0.2, 0) is 4.79 Å². The second kappa shape index (κ2) is 4.93. The van der Waals surface area contributed by atoms with E-state index >= 15 is 0 Å². The van der Waals surface area contributed by atoms with Crippen molar-refractivity contribution in [3.63, 3.8) is 0 Å². The molecule has 0 aliphatic heterocycles. The van der Waals surface area contributed by atoms with Crippen molar-refractivity contribution < 1.29 is 9.90 Å². The second-order valence-corrected chi connectivity index (χ2v) is 4.48.